The van der Waals surface area contributed by atoms with Gasteiger partial charge < -0.3 is 19.3 Å². The quantitative estimate of drug-likeness (QED) is 0.107. The Hall–Kier alpha value is -3.41. The summed E-state index contributed by atoms with van der Waals surface area (Å²) in [5.41, 5.74) is 3.92. The van der Waals surface area contributed by atoms with Crippen LogP contribution in [0.2, 0.25) is 0 Å². The van der Waals surface area contributed by atoms with Crippen molar-refractivity contribution >= 4 is 75.4 Å². The zero-order chi connectivity index (χ0) is 32.2. The number of amides is 1. The molecule has 5 aromatic rings. The third-order valence-corrected chi connectivity index (χ3v) is 6.77. The summed E-state index contributed by atoms with van der Waals surface area (Å²) in [5.74, 6) is 0.303. The highest BCUT2D eigenvalue weighted by atomic mass is 127. The van der Waals surface area contributed by atoms with E-state index in [1.54, 1.807) is 19.2 Å². The first-order valence-corrected chi connectivity index (χ1v) is 17.5. The predicted molar refractivity (Wildman–Crippen MR) is 182 cm³/mol. The number of nitrogens with zero attached hydrogens (tertiary/aromatic N) is 5. The van der Waals surface area contributed by atoms with Crippen LogP contribution in [0.4, 0.5) is 14.9 Å². The van der Waals surface area contributed by atoms with Crippen molar-refractivity contribution in [3.8, 4) is 22.2 Å². The molecule has 2 aromatic carbocycles. The summed E-state index contributed by atoms with van der Waals surface area (Å²) in [6.45, 7) is 7.42. The van der Waals surface area contributed by atoms with E-state index in [2.05, 4.69) is 40.0 Å². The van der Waals surface area contributed by atoms with E-state index in [0.29, 0.717) is 45.4 Å². The fourth-order valence-electron chi connectivity index (χ4n) is 3.89. The summed E-state index contributed by atoms with van der Waals surface area (Å²) in [4.78, 5) is 33.8. The average molecular weight is 755 g/mol. The van der Waals surface area contributed by atoms with Crippen LogP contribution in [-0.4, -0.2) is 62.5 Å². The molecule has 5 rings (SSSR count). The number of ether oxygens (including phenoxy) is 3. The fourth-order valence-corrected chi connectivity index (χ4v) is 4.88. The first-order valence-electron chi connectivity index (χ1n) is 13.4. The molecule has 0 saturated heterocycles. The molecule has 0 aliphatic carbocycles. The van der Waals surface area contributed by atoms with Gasteiger partial charge in [0.15, 0.2) is 11.6 Å². The molecular weight excluding hydrogens is 722 g/mol. The molecule has 0 bridgehead atoms. The van der Waals surface area contributed by atoms with Gasteiger partial charge in [-0.05, 0) is 52.7 Å². The first kappa shape index (κ1) is 35.1. The normalized spacial score (nSPS) is 11.1. The number of aryl methyl sites for hydroxylation is 1. The molecule has 2 N–H and O–H groups in total. The van der Waals surface area contributed by atoms with Gasteiger partial charge in [-0.25, -0.2) is 34.1 Å². The Morgan fingerprint density at radius 3 is 2.50 bits per heavy atom. The van der Waals surface area contributed by atoms with Crippen molar-refractivity contribution in [1.82, 2.24) is 24.9 Å². The van der Waals surface area contributed by atoms with Crippen LogP contribution in [0.5, 0.6) is 11.6 Å². The zero-order valence-corrected chi connectivity index (χ0v) is 28.5. The van der Waals surface area contributed by atoms with Crippen LogP contribution >= 0.6 is 42.3 Å². The van der Waals surface area contributed by atoms with Crippen molar-refractivity contribution in [3.05, 3.63) is 60.1 Å². The van der Waals surface area contributed by atoms with E-state index in [4.69, 9.17) is 19.3 Å². The number of anilines is 1. The number of thiazole rings is 1. The van der Waals surface area contributed by atoms with E-state index in [9.17, 15) is 9.18 Å². The molecule has 0 saturated carbocycles. The molecule has 0 aliphatic rings. The number of fused-ring (bicyclic) bond motifs is 2. The smallest absolute Gasteiger partial charge is 0.411 e. The Labute approximate surface area is 275 Å². The molecule has 0 aliphatic heterocycles. The Morgan fingerprint density at radius 2 is 1.82 bits per heavy atom. The minimum atomic E-state index is -0.733. The number of hydrogen-bond acceptors (Lipinski definition) is 12. The largest absolute Gasteiger partial charge is 0.484 e. The monoisotopic (exact) mass is 754 g/mol. The standard InChI is InChI=1S/C27H25FN6O5S.C2H6.HIS/c1-14-6-17(25-20(7-14)33-24(37-3)12-31-25)26-34-19-8-18(28)21(9-22(19)40-26)39-15(2)13-38-27(36)32-16-10-29-23(4-5-35)30-11-16;2*1-2/h6-12,15,35H,4-5,13H2,1-3H3,(H,32,36);1-2H3;2H. The molecular formula is C29H32FIN6O5S2. The van der Waals surface area contributed by atoms with Crippen LogP contribution in [-0.2, 0) is 11.2 Å². The van der Waals surface area contributed by atoms with Gasteiger partial charge in [-0.1, -0.05) is 13.8 Å². The lowest BCUT2D eigenvalue weighted by atomic mass is 10.1. The Kier molecular flexibility index (Phi) is 13.7. The third kappa shape index (κ3) is 9.06. The maximum absolute atomic E-state index is 14.9. The first-order chi connectivity index (χ1) is 21.3. The second-order valence-corrected chi connectivity index (χ2v) is 9.91. The summed E-state index contributed by atoms with van der Waals surface area (Å²) in [6, 6.07) is 6.78. The Balaban J connectivity index is 0.00000127. The van der Waals surface area contributed by atoms with Gasteiger partial charge in [-0.2, -0.15) is 0 Å². The molecule has 1 amide bonds. The van der Waals surface area contributed by atoms with Gasteiger partial charge in [-0.3, -0.25) is 5.32 Å². The highest BCUT2D eigenvalue weighted by Gasteiger charge is 2.18. The summed E-state index contributed by atoms with van der Waals surface area (Å²) >= 11 is 3.22. The number of halogens is 2. The van der Waals surface area contributed by atoms with Gasteiger partial charge in [0.05, 0.1) is 59.2 Å². The van der Waals surface area contributed by atoms with E-state index < -0.39 is 18.0 Å². The van der Waals surface area contributed by atoms with Crippen molar-refractivity contribution in [2.24, 2.45) is 0 Å². The van der Waals surface area contributed by atoms with Crippen molar-refractivity contribution in [3.63, 3.8) is 0 Å². The van der Waals surface area contributed by atoms with Crippen molar-refractivity contribution in [1.29, 1.82) is 0 Å². The molecule has 1 atom stereocenters. The van der Waals surface area contributed by atoms with Crippen LogP contribution in [0.3, 0.4) is 0 Å². The van der Waals surface area contributed by atoms with E-state index in [0.717, 1.165) is 15.8 Å². The van der Waals surface area contributed by atoms with Crippen molar-refractivity contribution in [2.75, 3.05) is 25.6 Å². The van der Waals surface area contributed by atoms with Gasteiger partial charge in [-0.15, -0.1) is 21.1 Å². The minimum Gasteiger partial charge on any atom is -0.484 e. The van der Waals surface area contributed by atoms with Crippen LogP contribution in [0.25, 0.3) is 31.8 Å². The highest BCUT2D eigenvalue weighted by Crippen LogP contribution is 2.37. The number of rotatable bonds is 9. The van der Waals surface area contributed by atoms with Crippen LogP contribution in [0.15, 0.2) is 42.9 Å². The average Bonchev–Trinajstić information content (AvgIpc) is 3.45. The minimum absolute atomic E-state index is 0.0192. The second-order valence-electron chi connectivity index (χ2n) is 8.88. The molecule has 11 nitrogen and oxygen atoms in total. The SMILES string of the molecule is CC.COc1cnc2c(-c3nc4cc(F)c(OC(C)COC(=O)Nc5cnc(CCO)nc5)cc4s3)cc(C)cc2n1.SI. The fraction of sp³-hybridized carbons (Fsp3) is 0.310. The summed E-state index contributed by atoms with van der Waals surface area (Å²) in [6.07, 6.45) is 3.32. The van der Waals surface area contributed by atoms with Crippen molar-refractivity contribution < 1.29 is 28.5 Å². The lowest BCUT2D eigenvalue weighted by Crippen LogP contribution is -2.24. The van der Waals surface area contributed by atoms with Gasteiger partial charge >= 0.3 is 6.09 Å². The zero-order valence-electron chi connectivity index (χ0n) is 24.7. The molecule has 0 spiro atoms. The maximum Gasteiger partial charge on any atom is 0.411 e. The lowest BCUT2D eigenvalue weighted by molar-refractivity contribution is 0.0969. The highest BCUT2D eigenvalue weighted by molar-refractivity contribution is 14.2. The Bertz CT molecular complexity index is 1690. The number of benzene rings is 2. The summed E-state index contributed by atoms with van der Waals surface area (Å²) < 4.78 is 31.8. The molecule has 0 fully saturated rings. The molecule has 15 heteroatoms. The van der Waals surface area contributed by atoms with E-state index in [1.165, 1.54) is 36.9 Å². The number of carbonyl (C=O) groups is 1. The second kappa shape index (κ2) is 17.2. The molecule has 1 unspecified atom stereocenters. The number of nitrogens with one attached hydrogen (secondary N) is 1. The van der Waals surface area contributed by atoms with E-state index >= 15 is 0 Å². The number of thiol groups is 1. The van der Waals surface area contributed by atoms with Gasteiger partial charge in [0.1, 0.15) is 23.5 Å². The number of carbonyl (C=O) groups excluding carboxylic acids is 1. The number of methoxy groups -OCH3 is 1. The molecule has 0 radical (unpaired) electrons. The lowest BCUT2D eigenvalue weighted by Gasteiger charge is -2.15. The van der Waals surface area contributed by atoms with Gasteiger partial charge in [0, 0.05) is 24.1 Å². The molecule has 3 aromatic heterocycles. The van der Waals surface area contributed by atoms with E-state index in [-0.39, 0.29) is 19.0 Å². The van der Waals surface area contributed by atoms with Crippen LogP contribution in [0.1, 0.15) is 32.2 Å². The van der Waals surface area contributed by atoms with Crippen LogP contribution in [0, 0.1) is 12.7 Å². The van der Waals surface area contributed by atoms with E-state index in [1.807, 2.05) is 54.1 Å². The maximum atomic E-state index is 14.9. The summed E-state index contributed by atoms with van der Waals surface area (Å²) in [5, 5.41) is 12.1. The predicted octanol–water partition coefficient (Wildman–Crippen LogP) is 7.00. The molecule has 3 heterocycles. The number of aromatic nitrogens is 5. The number of aliphatic hydroxyl groups is 1. The van der Waals surface area contributed by atoms with Crippen LogP contribution < -0.4 is 14.8 Å². The number of hydrogen-bond donors (Lipinski definition) is 3. The summed E-state index contributed by atoms with van der Waals surface area (Å²) in [7, 11) is 5.03. The van der Waals surface area contributed by atoms with Gasteiger partial charge in [0.2, 0.25) is 5.88 Å². The molecule has 234 valence electrons. The molecule has 44 heavy (non-hydrogen) atoms. The van der Waals surface area contributed by atoms with Gasteiger partial charge in [0.25, 0.3) is 0 Å². The Morgan fingerprint density at radius 1 is 1.09 bits per heavy atom. The topological polar surface area (TPSA) is 141 Å². The van der Waals surface area contributed by atoms with Crippen molar-refractivity contribution in [2.45, 2.75) is 40.2 Å². The number of aliphatic hydroxyl groups excluding tert-OH is 1. The third-order valence-electron chi connectivity index (χ3n) is 5.71.